The Hall–Kier alpha value is -1.87. The third kappa shape index (κ3) is 6.55. The summed E-state index contributed by atoms with van der Waals surface area (Å²) in [5, 5.41) is 3.36. The van der Waals surface area contributed by atoms with Gasteiger partial charge in [-0.25, -0.2) is 17.1 Å². The number of rotatable bonds is 8. The standard InChI is InChI=1S/C21H23Cl2FN2O4S/c22-19-4-1-5-20(23)18(19)14-31(28,29)26-11-2-3-15(13-26)21(27)25-10-12-30-17-8-6-16(24)7-9-17/h1,4-9,15H,2-3,10-14H2,(H,25,27). The number of hydrogen-bond acceptors (Lipinski definition) is 4. The van der Waals surface area contributed by atoms with Crippen molar-refractivity contribution in [2.24, 2.45) is 5.92 Å². The van der Waals surface area contributed by atoms with Gasteiger partial charge in [-0.3, -0.25) is 4.79 Å². The normalized spacial score (nSPS) is 17.3. The van der Waals surface area contributed by atoms with Gasteiger partial charge in [-0.05, 0) is 49.2 Å². The monoisotopic (exact) mass is 488 g/mol. The van der Waals surface area contributed by atoms with Gasteiger partial charge in [0.2, 0.25) is 15.9 Å². The third-order valence-electron chi connectivity index (χ3n) is 5.02. The van der Waals surface area contributed by atoms with Crippen molar-refractivity contribution in [1.29, 1.82) is 0 Å². The quantitative estimate of drug-likeness (QED) is 0.572. The molecule has 31 heavy (non-hydrogen) atoms. The van der Waals surface area contributed by atoms with Crippen LogP contribution in [0, 0.1) is 11.7 Å². The van der Waals surface area contributed by atoms with Crippen LogP contribution in [0.4, 0.5) is 4.39 Å². The van der Waals surface area contributed by atoms with Gasteiger partial charge in [0.1, 0.15) is 18.2 Å². The molecule has 3 rings (SSSR count). The Morgan fingerprint density at radius 2 is 1.84 bits per heavy atom. The van der Waals surface area contributed by atoms with Crippen molar-refractivity contribution < 1.29 is 22.3 Å². The van der Waals surface area contributed by atoms with E-state index < -0.39 is 15.9 Å². The molecule has 1 heterocycles. The van der Waals surface area contributed by atoms with E-state index in [0.29, 0.717) is 40.7 Å². The average molecular weight is 489 g/mol. The molecule has 6 nitrogen and oxygen atoms in total. The molecule has 0 spiro atoms. The van der Waals surface area contributed by atoms with Gasteiger partial charge in [0.15, 0.2) is 0 Å². The lowest BCUT2D eigenvalue weighted by Crippen LogP contribution is -2.46. The van der Waals surface area contributed by atoms with Gasteiger partial charge in [0.25, 0.3) is 0 Å². The van der Waals surface area contributed by atoms with Crippen LogP contribution in [0.25, 0.3) is 0 Å². The molecule has 1 aliphatic heterocycles. The zero-order valence-electron chi connectivity index (χ0n) is 16.7. The minimum Gasteiger partial charge on any atom is -0.492 e. The van der Waals surface area contributed by atoms with Crippen molar-refractivity contribution >= 4 is 39.1 Å². The van der Waals surface area contributed by atoms with Crippen LogP contribution < -0.4 is 10.1 Å². The summed E-state index contributed by atoms with van der Waals surface area (Å²) in [6.45, 7) is 0.933. The Morgan fingerprint density at radius 3 is 2.52 bits per heavy atom. The van der Waals surface area contributed by atoms with Crippen LogP contribution in [0.2, 0.25) is 10.0 Å². The van der Waals surface area contributed by atoms with Gasteiger partial charge in [-0.15, -0.1) is 0 Å². The lowest BCUT2D eigenvalue weighted by atomic mass is 9.99. The van der Waals surface area contributed by atoms with Gasteiger partial charge >= 0.3 is 0 Å². The highest BCUT2D eigenvalue weighted by molar-refractivity contribution is 7.88. The van der Waals surface area contributed by atoms with Gasteiger partial charge < -0.3 is 10.1 Å². The highest BCUT2D eigenvalue weighted by Crippen LogP contribution is 2.29. The molecule has 1 atom stereocenters. The smallest absolute Gasteiger partial charge is 0.224 e. The fraction of sp³-hybridized carbons (Fsp3) is 0.381. The SMILES string of the molecule is O=C(NCCOc1ccc(F)cc1)C1CCCN(S(=O)(=O)Cc2c(Cl)cccc2Cl)C1. The minimum absolute atomic E-state index is 0.106. The summed E-state index contributed by atoms with van der Waals surface area (Å²) in [6, 6.07) is 10.4. The maximum Gasteiger partial charge on any atom is 0.224 e. The Balaban J connectivity index is 1.51. The average Bonchev–Trinajstić information content (AvgIpc) is 2.75. The second kappa shape index (κ2) is 10.6. The van der Waals surface area contributed by atoms with Gasteiger partial charge in [0.05, 0.1) is 18.2 Å². The first kappa shape index (κ1) is 23.8. The van der Waals surface area contributed by atoms with Crippen molar-refractivity contribution in [3.05, 3.63) is 63.9 Å². The Labute approximate surface area is 191 Å². The molecule has 1 N–H and O–H groups in total. The van der Waals surface area contributed by atoms with Crippen molar-refractivity contribution in [2.45, 2.75) is 18.6 Å². The number of ether oxygens (including phenoxy) is 1. The maximum atomic E-state index is 12.9. The highest BCUT2D eigenvalue weighted by Gasteiger charge is 2.33. The molecule has 0 aromatic heterocycles. The molecule has 10 heteroatoms. The molecule has 0 aliphatic carbocycles. The van der Waals surface area contributed by atoms with E-state index in [2.05, 4.69) is 5.32 Å². The zero-order valence-corrected chi connectivity index (χ0v) is 19.0. The number of sulfonamides is 1. The number of benzene rings is 2. The lowest BCUT2D eigenvalue weighted by molar-refractivity contribution is -0.126. The van der Waals surface area contributed by atoms with Crippen LogP contribution in [0.15, 0.2) is 42.5 Å². The summed E-state index contributed by atoms with van der Waals surface area (Å²) in [7, 11) is -3.68. The number of nitrogens with zero attached hydrogens (tertiary/aromatic N) is 1. The summed E-state index contributed by atoms with van der Waals surface area (Å²) < 4.78 is 45.5. The van der Waals surface area contributed by atoms with E-state index in [1.807, 2.05) is 0 Å². The van der Waals surface area contributed by atoms with E-state index >= 15 is 0 Å². The van der Waals surface area contributed by atoms with E-state index in [9.17, 15) is 17.6 Å². The first-order valence-electron chi connectivity index (χ1n) is 9.83. The molecule has 1 aliphatic rings. The van der Waals surface area contributed by atoms with Crippen LogP contribution in [-0.4, -0.2) is 44.9 Å². The topological polar surface area (TPSA) is 75.7 Å². The molecule has 0 bridgehead atoms. The molecule has 1 amide bonds. The predicted molar refractivity (Wildman–Crippen MR) is 118 cm³/mol. The number of carbonyl (C=O) groups excluding carboxylic acids is 1. The molecule has 0 saturated carbocycles. The van der Waals surface area contributed by atoms with Crippen LogP contribution in [0.3, 0.4) is 0 Å². The van der Waals surface area contributed by atoms with E-state index in [0.717, 1.165) is 0 Å². The molecule has 1 fully saturated rings. The zero-order chi connectivity index (χ0) is 22.4. The van der Waals surface area contributed by atoms with Crippen LogP contribution in [-0.2, 0) is 20.6 Å². The third-order valence-corrected chi connectivity index (χ3v) is 7.50. The summed E-state index contributed by atoms with van der Waals surface area (Å²) in [4.78, 5) is 12.5. The second-order valence-corrected chi connectivity index (χ2v) is 10.0. The second-order valence-electron chi connectivity index (χ2n) is 7.25. The number of amides is 1. The summed E-state index contributed by atoms with van der Waals surface area (Å²) in [5.41, 5.74) is 0.357. The fourth-order valence-electron chi connectivity index (χ4n) is 3.37. The van der Waals surface area contributed by atoms with Crippen molar-refractivity contribution in [1.82, 2.24) is 9.62 Å². The molecule has 2 aromatic rings. The van der Waals surface area contributed by atoms with Gasteiger partial charge in [-0.2, -0.15) is 0 Å². The van der Waals surface area contributed by atoms with Crippen molar-refractivity contribution in [2.75, 3.05) is 26.2 Å². The van der Waals surface area contributed by atoms with Crippen molar-refractivity contribution in [3.63, 3.8) is 0 Å². The van der Waals surface area contributed by atoms with Crippen molar-refractivity contribution in [3.8, 4) is 5.75 Å². The number of halogens is 3. The number of carbonyl (C=O) groups is 1. The lowest BCUT2D eigenvalue weighted by Gasteiger charge is -2.31. The maximum absolute atomic E-state index is 12.9. The van der Waals surface area contributed by atoms with E-state index in [-0.39, 0.29) is 37.2 Å². The molecular formula is C21H23Cl2FN2O4S. The van der Waals surface area contributed by atoms with Gasteiger partial charge in [0, 0.05) is 28.7 Å². The predicted octanol–water partition coefficient (Wildman–Crippen LogP) is 3.87. The van der Waals surface area contributed by atoms with E-state index in [1.54, 1.807) is 18.2 Å². The highest BCUT2D eigenvalue weighted by atomic mass is 35.5. The molecule has 1 saturated heterocycles. The number of nitrogens with one attached hydrogen (secondary N) is 1. The Morgan fingerprint density at radius 1 is 1.16 bits per heavy atom. The number of hydrogen-bond donors (Lipinski definition) is 1. The summed E-state index contributed by atoms with van der Waals surface area (Å²) >= 11 is 12.2. The Kier molecular flexibility index (Phi) is 8.16. The molecule has 0 radical (unpaired) electrons. The summed E-state index contributed by atoms with van der Waals surface area (Å²) in [6.07, 6.45) is 1.18. The largest absolute Gasteiger partial charge is 0.492 e. The molecule has 2 aromatic carbocycles. The van der Waals surface area contributed by atoms with E-state index in [4.69, 9.17) is 27.9 Å². The van der Waals surface area contributed by atoms with Crippen LogP contribution in [0.5, 0.6) is 5.75 Å². The summed E-state index contributed by atoms with van der Waals surface area (Å²) in [5.74, 6) is -0.835. The first-order chi connectivity index (χ1) is 14.8. The van der Waals surface area contributed by atoms with Gasteiger partial charge in [-0.1, -0.05) is 29.3 Å². The van der Waals surface area contributed by atoms with E-state index in [1.165, 1.54) is 28.6 Å². The molecular weight excluding hydrogens is 466 g/mol. The molecule has 1 unspecified atom stereocenters. The Bertz CT molecular complexity index is 998. The van der Waals surface area contributed by atoms with Crippen LogP contribution in [0.1, 0.15) is 18.4 Å². The minimum atomic E-state index is -3.68. The first-order valence-corrected chi connectivity index (χ1v) is 12.2. The number of piperidine rings is 1. The molecule has 168 valence electrons. The van der Waals surface area contributed by atoms with Crippen LogP contribution >= 0.6 is 23.2 Å². The fourth-order valence-corrected chi connectivity index (χ4v) is 5.73.